The van der Waals surface area contributed by atoms with Crippen LogP contribution in [0.3, 0.4) is 0 Å². The number of aromatic nitrogens is 2. The summed E-state index contributed by atoms with van der Waals surface area (Å²) in [5.74, 6) is 0.975. The van der Waals surface area contributed by atoms with Crippen molar-refractivity contribution in [1.29, 1.82) is 0 Å². The number of rotatable bonds is 3. The Morgan fingerprint density at radius 3 is 2.53 bits per heavy atom. The summed E-state index contributed by atoms with van der Waals surface area (Å²) in [5, 5.41) is 3.18. The van der Waals surface area contributed by atoms with E-state index in [1.165, 1.54) is 0 Å². The third-order valence-electron chi connectivity index (χ3n) is 2.86. The molecule has 0 aliphatic carbocycles. The first-order valence-electron chi connectivity index (χ1n) is 5.61. The second-order valence-electron chi connectivity index (χ2n) is 4.11. The number of H-pyrrole nitrogens is 1. The fraction of sp³-hybridized carbons (Fsp3) is 0.308. The van der Waals surface area contributed by atoms with Gasteiger partial charge in [0.2, 0.25) is 0 Å². The molecule has 2 N–H and O–H groups in total. The van der Waals surface area contributed by atoms with Crippen molar-refractivity contribution in [2.45, 2.75) is 19.9 Å². The van der Waals surface area contributed by atoms with Crippen LogP contribution < -0.4 is 5.32 Å². The molecule has 0 unspecified atom stereocenters. The molecule has 17 heavy (non-hydrogen) atoms. The van der Waals surface area contributed by atoms with Crippen molar-refractivity contribution in [1.82, 2.24) is 15.3 Å². The van der Waals surface area contributed by atoms with E-state index in [-0.39, 0.29) is 6.04 Å². The van der Waals surface area contributed by atoms with Gasteiger partial charge < -0.3 is 10.3 Å². The molecule has 3 nitrogen and oxygen atoms in total. The van der Waals surface area contributed by atoms with Gasteiger partial charge in [0, 0.05) is 15.7 Å². The summed E-state index contributed by atoms with van der Waals surface area (Å²) >= 11 is 3.44. The van der Waals surface area contributed by atoms with E-state index in [0.717, 1.165) is 27.2 Å². The van der Waals surface area contributed by atoms with Crippen molar-refractivity contribution in [3.63, 3.8) is 0 Å². The van der Waals surface area contributed by atoms with Crippen LogP contribution in [0.4, 0.5) is 0 Å². The van der Waals surface area contributed by atoms with Crippen molar-refractivity contribution in [3.8, 4) is 11.3 Å². The highest BCUT2D eigenvalue weighted by molar-refractivity contribution is 9.10. The molecule has 2 aromatic rings. The monoisotopic (exact) mass is 293 g/mol. The van der Waals surface area contributed by atoms with Crippen molar-refractivity contribution < 1.29 is 0 Å². The molecule has 0 aliphatic rings. The van der Waals surface area contributed by atoms with Crippen LogP contribution in [-0.2, 0) is 0 Å². The Bertz CT molecular complexity index is 502. The lowest BCUT2D eigenvalue weighted by molar-refractivity contribution is 0.617. The zero-order valence-electron chi connectivity index (χ0n) is 10.2. The Hall–Kier alpha value is -1.13. The molecule has 0 radical (unpaired) electrons. The zero-order chi connectivity index (χ0) is 12.4. The van der Waals surface area contributed by atoms with E-state index in [0.29, 0.717) is 0 Å². The fourth-order valence-corrected chi connectivity index (χ4v) is 1.98. The topological polar surface area (TPSA) is 40.7 Å². The normalized spacial score (nSPS) is 12.7. The molecule has 90 valence electrons. The Labute approximate surface area is 110 Å². The molecule has 0 saturated carbocycles. The van der Waals surface area contributed by atoms with Crippen LogP contribution in [0, 0.1) is 6.92 Å². The highest BCUT2D eigenvalue weighted by Crippen LogP contribution is 2.24. The molecule has 1 atom stereocenters. The minimum atomic E-state index is 0.234. The van der Waals surface area contributed by atoms with Gasteiger partial charge in [-0.25, -0.2) is 4.98 Å². The van der Waals surface area contributed by atoms with Gasteiger partial charge in [0.15, 0.2) is 0 Å². The Morgan fingerprint density at radius 1 is 1.29 bits per heavy atom. The van der Waals surface area contributed by atoms with Crippen LogP contribution in [0.1, 0.15) is 24.5 Å². The number of imidazole rings is 1. The van der Waals surface area contributed by atoms with E-state index in [9.17, 15) is 0 Å². The smallest absolute Gasteiger partial charge is 0.123 e. The standard InChI is InChI=1S/C13H16BrN3/c1-8-12(10-4-6-11(14)7-5-10)17-13(16-8)9(2)15-3/h4-7,9,15H,1-3H3,(H,16,17)/t9-/m0/s1. The van der Waals surface area contributed by atoms with E-state index in [1.54, 1.807) is 0 Å². The van der Waals surface area contributed by atoms with Gasteiger partial charge in [-0.2, -0.15) is 0 Å². The Morgan fingerprint density at radius 2 is 1.94 bits per heavy atom. The van der Waals surface area contributed by atoms with Crippen LogP contribution in [-0.4, -0.2) is 17.0 Å². The van der Waals surface area contributed by atoms with Gasteiger partial charge in [0.1, 0.15) is 5.82 Å². The van der Waals surface area contributed by atoms with Crippen LogP contribution in [0.2, 0.25) is 0 Å². The lowest BCUT2D eigenvalue weighted by Gasteiger charge is -2.04. The molecule has 0 bridgehead atoms. The van der Waals surface area contributed by atoms with Crippen LogP contribution in [0.25, 0.3) is 11.3 Å². The Balaban J connectivity index is 2.39. The van der Waals surface area contributed by atoms with Gasteiger partial charge in [-0.3, -0.25) is 0 Å². The number of aromatic amines is 1. The van der Waals surface area contributed by atoms with Gasteiger partial charge in [0.05, 0.1) is 11.7 Å². The minimum absolute atomic E-state index is 0.234. The quantitative estimate of drug-likeness (QED) is 0.910. The van der Waals surface area contributed by atoms with Gasteiger partial charge >= 0.3 is 0 Å². The van der Waals surface area contributed by atoms with E-state index >= 15 is 0 Å². The van der Waals surface area contributed by atoms with Crippen molar-refractivity contribution in [2.75, 3.05) is 7.05 Å². The third kappa shape index (κ3) is 2.58. The summed E-state index contributed by atoms with van der Waals surface area (Å²) in [6, 6.07) is 8.44. The van der Waals surface area contributed by atoms with E-state index in [1.807, 2.05) is 19.2 Å². The molecule has 1 aromatic heterocycles. The first kappa shape index (κ1) is 12.3. The van der Waals surface area contributed by atoms with Gasteiger partial charge in [-0.1, -0.05) is 28.1 Å². The number of nitrogens with zero attached hydrogens (tertiary/aromatic N) is 1. The maximum absolute atomic E-state index is 4.65. The largest absolute Gasteiger partial charge is 0.344 e. The molecule has 0 amide bonds. The molecule has 0 spiro atoms. The molecule has 0 saturated heterocycles. The second-order valence-corrected chi connectivity index (χ2v) is 5.03. The van der Waals surface area contributed by atoms with Crippen LogP contribution >= 0.6 is 15.9 Å². The maximum Gasteiger partial charge on any atom is 0.123 e. The van der Waals surface area contributed by atoms with Crippen LogP contribution in [0.5, 0.6) is 0 Å². The summed E-state index contributed by atoms with van der Waals surface area (Å²) in [7, 11) is 1.93. The molecule has 4 heteroatoms. The maximum atomic E-state index is 4.65. The molecular formula is C13H16BrN3. The highest BCUT2D eigenvalue weighted by atomic mass is 79.9. The summed E-state index contributed by atoms with van der Waals surface area (Å²) in [6.07, 6.45) is 0. The van der Waals surface area contributed by atoms with Gasteiger partial charge in [-0.05, 0) is 33.0 Å². The van der Waals surface area contributed by atoms with Crippen LogP contribution in [0.15, 0.2) is 28.7 Å². The number of nitrogens with one attached hydrogen (secondary N) is 2. The average molecular weight is 294 g/mol. The molecule has 1 aromatic carbocycles. The Kier molecular flexibility index (Phi) is 3.64. The summed E-state index contributed by atoms with van der Waals surface area (Å²) < 4.78 is 1.08. The van der Waals surface area contributed by atoms with Gasteiger partial charge in [0.25, 0.3) is 0 Å². The first-order chi connectivity index (χ1) is 8.11. The van der Waals surface area contributed by atoms with Crippen molar-refractivity contribution >= 4 is 15.9 Å². The third-order valence-corrected chi connectivity index (χ3v) is 3.39. The van der Waals surface area contributed by atoms with E-state index in [4.69, 9.17) is 0 Å². The number of benzene rings is 1. The number of hydrogen-bond donors (Lipinski definition) is 2. The molecule has 2 rings (SSSR count). The van der Waals surface area contributed by atoms with Crippen molar-refractivity contribution in [3.05, 3.63) is 40.3 Å². The summed E-state index contributed by atoms with van der Waals surface area (Å²) in [6.45, 7) is 4.14. The van der Waals surface area contributed by atoms with Gasteiger partial charge in [-0.15, -0.1) is 0 Å². The van der Waals surface area contributed by atoms with E-state index < -0.39 is 0 Å². The SMILES string of the molecule is CN[C@@H](C)c1nc(-c2ccc(Br)cc2)c(C)[nH]1. The first-order valence-corrected chi connectivity index (χ1v) is 6.41. The minimum Gasteiger partial charge on any atom is -0.344 e. The zero-order valence-corrected chi connectivity index (χ0v) is 11.8. The molecule has 1 heterocycles. The molecular weight excluding hydrogens is 278 g/mol. The summed E-state index contributed by atoms with van der Waals surface area (Å²) in [5.41, 5.74) is 3.26. The molecule has 0 fully saturated rings. The lowest BCUT2D eigenvalue weighted by Crippen LogP contribution is -2.13. The average Bonchev–Trinajstić information content (AvgIpc) is 2.71. The van der Waals surface area contributed by atoms with Crippen molar-refractivity contribution in [2.24, 2.45) is 0 Å². The predicted octanol–water partition coefficient (Wildman–Crippen LogP) is 3.43. The second kappa shape index (κ2) is 5.02. The lowest BCUT2D eigenvalue weighted by atomic mass is 10.1. The highest BCUT2D eigenvalue weighted by Gasteiger charge is 2.12. The number of hydrogen-bond acceptors (Lipinski definition) is 2. The van der Waals surface area contributed by atoms with E-state index in [2.05, 4.69) is 57.2 Å². The predicted molar refractivity (Wildman–Crippen MR) is 73.9 cm³/mol. The fourth-order valence-electron chi connectivity index (χ4n) is 1.71. The number of aryl methyl sites for hydroxylation is 1. The molecule has 0 aliphatic heterocycles. The summed E-state index contributed by atoms with van der Waals surface area (Å²) in [4.78, 5) is 7.97. The number of halogens is 1.